The molecule has 0 radical (unpaired) electrons. The van der Waals surface area contributed by atoms with Gasteiger partial charge in [0.25, 0.3) is 0 Å². The third-order valence-electron chi connectivity index (χ3n) is 2.90. The summed E-state index contributed by atoms with van der Waals surface area (Å²) < 4.78 is 5.08. The summed E-state index contributed by atoms with van der Waals surface area (Å²) in [4.78, 5) is 11.7. The van der Waals surface area contributed by atoms with Gasteiger partial charge in [-0.15, -0.1) is 0 Å². The first kappa shape index (κ1) is 15.1. The molecule has 4 heteroatoms. The molecule has 0 fully saturated rings. The van der Waals surface area contributed by atoms with E-state index in [4.69, 9.17) is 16.3 Å². The van der Waals surface area contributed by atoms with Crippen molar-refractivity contribution in [1.29, 1.82) is 0 Å². The summed E-state index contributed by atoms with van der Waals surface area (Å²) in [6.07, 6.45) is 3.23. The molecule has 0 atom stereocenters. The van der Waals surface area contributed by atoms with Gasteiger partial charge in [-0.1, -0.05) is 35.9 Å². The smallest absolute Gasteiger partial charge is 0.244 e. The van der Waals surface area contributed by atoms with Crippen LogP contribution in [0.2, 0.25) is 5.02 Å². The van der Waals surface area contributed by atoms with Crippen molar-refractivity contribution < 1.29 is 9.53 Å². The van der Waals surface area contributed by atoms with Gasteiger partial charge in [0.1, 0.15) is 5.75 Å². The zero-order chi connectivity index (χ0) is 15.1. The van der Waals surface area contributed by atoms with Crippen molar-refractivity contribution in [3.63, 3.8) is 0 Å². The van der Waals surface area contributed by atoms with E-state index in [1.54, 1.807) is 25.3 Å². The molecule has 0 heterocycles. The zero-order valence-corrected chi connectivity index (χ0v) is 12.4. The number of amides is 1. The van der Waals surface area contributed by atoms with E-state index in [0.29, 0.717) is 11.6 Å². The number of nitrogens with one attached hydrogen (secondary N) is 1. The van der Waals surface area contributed by atoms with E-state index in [1.807, 2.05) is 36.4 Å². The Morgan fingerprint density at radius 2 is 2.00 bits per heavy atom. The molecule has 0 spiro atoms. The number of carbonyl (C=O) groups is 1. The molecule has 1 amide bonds. The van der Waals surface area contributed by atoms with Gasteiger partial charge in [0.15, 0.2) is 0 Å². The third kappa shape index (κ3) is 4.97. The van der Waals surface area contributed by atoms with E-state index < -0.39 is 0 Å². The molecule has 0 saturated carbocycles. The van der Waals surface area contributed by atoms with Crippen LogP contribution in [0.5, 0.6) is 5.75 Å². The van der Waals surface area contributed by atoms with Gasteiger partial charge < -0.3 is 10.1 Å². The fraction of sp³-hybridized carbons (Fsp3) is 0.118. The molecule has 0 saturated heterocycles. The minimum Gasteiger partial charge on any atom is -0.497 e. The summed E-state index contributed by atoms with van der Waals surface area (Å²) in [6.45, 7) is 0.475. The second kappa shape index (κ2) is 7.50. The van der Waals surface area contributed by atoms with E-state index >= 15 is 0 Å². The number of benzene rings is 2. The van der Waals surface area contributed by atoms with E-state index in [2.05, 4.69) is 5.32 Å². The predicted molar refractivity (Wildman–Crippen MR) is 85.3 cm³/mol. The quantitative estimate of drug-likeness (QED) is 0.856. The predicted octanol–water partition coefficient (Wildman–Crippen LogP) is 3.68. The fourth-order valence-corrected chi connectivity index (χ4v) is 1.97. The minimum atomic E-state index is -0.147. The lowest BCUT2D eigenvalue weighted by molar-refractivity contribution is -0.116. The molecule has 3 nitrogen and oxygen atoms in total. The highest BCUT2D eigenvalue weighted by Crippen LogP contribution is 2.12. The molecule has 1 N–H and O–H groups in total. The molecule has 0 bridgehead atoms. The van der Waals surface area contributed by atoms with Gasteiger partial charge in [-0.05, 0) is 41.5 Å². The van der Waals surface area contributed by atoms with Gasteiger partial charge >= 0.3 is 0 Å². The Bertz CT molecular complexity index is 635. The Labute approximate surface area is 129 Å². The first-order valence-electron chi connectivity index (χ1n) is 6.52. The van der Waals surface area contributed by atoms with Gasteiger partial charge in [0.05, 0.1) is 7.11 Å². The van der Waals surface area contributed by atoms with E-state index in [-0.39, 0.29) is 5.91 Å². The topological polar surface area (TPSA) is 38.3 Å². The number of rotatable bonds is 5. The Hall–Kier alpha value is -2.26. The maximum absolute atomic E-state index is 11.7. The SMILES string of the molecule is COc1ccc(CNC(=O)C=Cc2cccc(Cl)c2)cc1. The molecule has 0 aliphatic carbocycles. The zero-order valence-electron chi connectivity index (χ0n) is 11.7. The first-order valence-corrected chi connectivity index (χ1v) is 6.89. The maximum Gasteiger partial charge on any atom is 0.244 e. The molecular weight excluding hydrogens is 286 g/mol. The molecular formula is C17H16ClNO2. The van der Waals surface area contributed by atoms with Crippen LogP contribution in [-0.4, -0.2) is 13.0 Å². The van der Waals surface area contributed by atoms with Gasteiger partial charge in [-0.25, -0.2) is 0 Å². The van der Waals surface area contributed by atoms with Crippen LogP contribution >= 0.6 is 11.6 Å². The lowest BCUT2D eigenvalue weighted by Crippen LogP contribution is -2.20. The highest BCUT2D eigenvalue weighted by Gasteiger charge is 1.98. The number of methoxy groups -OCH3 is 1. The van der Waals surface area contributed by atoms with E-state index in [9.17, 15) is 4.79 Å². The maximum atomic E-state index is 11.7. The summed E-state index contributed by atoms with van der Waals surface area (Å²) in [5, 5.41) is 3.47. The van der Waals surface area contributed by atoms with Crippen molar-refractivity contribution in [2.75, 3.05) is 7.11 Å². The molecule has 2 rings (SSSR count). The molecule has 0 unspecified atom stereocenters. The molecule has 0 aliphatic rings. The van der Waals surface area contributed by atoms with Crippen LogP contribution < -0.4 is 10.1 Å². The number of hydrogen-bond donors (Lipinski definition) is 1. The van der Waals surface area contributed by atoms with Crippen molar-refractivity contribution >= 4 is 23.6 Å². The number of hydrogen-bond acceptors (Lipinski definition) is 2. The Morgan fingerprint density at radius 3 is 2.67 bits per heavy atom. The number of ether oxygens (including phenoxy) is 1. The van der Waals surface area contributed by atoms with Crippen molar-refractivity contribution in [2.24, 2.45) is 0 Å². The average Bonchev–Trinajstić information content (AvgIpc) is 2.51. The second-order valence-electron chi connectivity index (χ2n) is 4.45. The second-order valence-corrected chi connectivity index (χ2v) is 4.89. The lowest BCUT2D eigenvalue weighted by Gasteiger charge is -2.04. The third-order valence-corrected chi connectivity index (χ3v) is 3.14. The van der Waals surface area contributed by atoms with Crippen LogP contribution in [-0.2, 0) is 11.3 Å². The van der Waals surface area contributed by atoms with Gasteiger partial charge in [0, 0.05) is 17.6 Å². The molecule has 2 aromatic rings. The summed E-state index contributed by atoms with van der Waals surface area (Å²) in [7, 11) is 1.62. The van der Waals surface area contributed by atoms with Crippen molar-refractivity contribution in [1.82, 2.24) is 5.32 Å². The van der Waals surface area contributed by atoms with Gasteiger partial charge in [0.2, 0.25) is 5.91 Å². The molecule has 2 aromatic carbocycles. The fourth-order valence-electron chi connectivity index (χ4n) is 1.77. The largest absolute Gasteiger partial charge is 0.497 e. The highest BCUT2D eigenvalue weighted by atomic mass is 35.5. The summed E-state index contributed by atoms with van der Waals surface area (Å²) in [5.41, 5.74) is 1.91. The van der Waals surface area contributed by atoms with Gasteiger partial charge in [-0.3, -0.25) is 4.79 Å². The monoisotopic (exact) mass is 301 g/mol. The van der Waals surface area contributed by atoms with E-state index in [1.165, 1.54) is 6.08 Å². The summed E-state index contributed by atoms with van der Waals surface area (Å²) in [6, 6.07) is 14.9. The van der Waals surface area contributed by atoms with Crippen molar-refractivity contribution in [3.05, 3.63) is 70.8 Å². The molecule has 108 valence electrons. The Balaban J connectivity index is 1.86. The molecule has 21 heavy (non-hydrogen) atoms. The van der Waals surface area contributed by atoms with Crippen molar-refractivity contribution in [3.8, 4) is 5.75 Å². The standard InChI is InChI=1S/C17H16ClNO2/c1-21-16-8-5-14(6-9-16)12-19-17(20)10-7-13-3-2-4-15(18)11-13/h2-11H,12H2,1H3,(H,19,20). The van der Waals surface area contributed by atoms with E-state index in [0.717, 1.165) is 16.9 Å². The number of carbonyl (C=O) groups excluding carboxylic acids is 1. The molecule has 0 aliphatic heterocycles. The van der Waals surface area contributed by atoms with Crippen LogP contribution in [0.1, 0.15) is 11.1 Å². The van der Waals surface area contributed by atoms with Crippen LogP contribution in [0.3, 0.4) is 0 Å². The molecule has 0 aromatic heterocycles. The highest BCUT2D eigenvalue weighted by molar-refractivity contribution is 6.30. The van der Waals surface area contributed by atoms with Crippen LogP contribution in [0.25, 0.3) is 6.08 Å². The normalized spacial score (nSPS) is 10.6. The van der Waals surface area contributed by atoms with Crippen molar-refractivity contribution in [2.45, 2.75) is 6.54 Å². The summed E-state index contributed by atoms with van der Waals surface area (Å²) in [5.74, 6) is 0.650. The van der Waals surface area contributed by atoms with Crippen LogP contribution in [0.15, 0.2) is 54.6 Å². The average molecular weight is 302 g/mol. The Kier molecular flexibility index (Phi) is 5.41. The number of halogens is 1. The van der Waals surface area contributed by atoms with Crippen LogP contribution in [0, 0.1) is 0 Å². The first-order chi connectivity index (χ1) is 10.2. The minimum absolute atomic E-state index is 0.147. The van der Waals surface area contributed by atoms with Crippen LogP contribution in [0.4, 0.5) is 0 Å². The van der Waals surface area contributed by atoms with Gasteiger partial charge in [-0.2, -0.15) is 0 Å². The lowest BCUT2D eigenvalue weighted by atomic mass is 10.2. The summed E-state index contributed by atoms with van der Waals surface area (Å²) >= 11 is 5.88. The Morgan fingerprint density at radius 1 is 1.24 bits per heavy atom.